The van der Waals surface area contributed by atoms with Crippen molar-refractivity contribution in [3.8, 4) is 113 Å². The third-order valence-electron chi connectivity index (χ3n) is 17.0. The van der Waals surface area contributed by atoms with Gasteiger partial charge in [-0.3, -0.25) is 8.80 Å². The summed E-state index contributed by atoms with van der Waals surface area (Å²) in [5.41, 5.74) is 20.1. The molecule has 8 nitrogen and oxygen atoms in total. The van der Waals surface area contributed by atoms with Gasteiger partial charge in [0.2, 0.25) is 0 Å². The van der Waals surface area contributed by atoms with Crippen molar-refractivity contribution < 1.29 is 0 Å². The highest BCUT2D eigenvalue weighted by molar-refractivity contribution is 7.25. The summed E-state index contributed by atoms with van der Waals surface area (Å²) in [4.78, 5) is 32.4. The Morgan fingerprint density at radius 1 is 0.196 bits per heavy atom. The zero-order valence-electron chi connectivity index (χ0n) is 49.4. The monoisotopic (exact) mass is 1210 g/mol. The van der Waals surface area contributed by atoms with Crippen LogP contribution in [0.15, 0.2) is 315 Å². The molecule has 0 saturated heterocycles. The van der Waals surface area contributed by atoms with E-state index in [-0.39, 0.29) is 0 Å². The molecule has 0 radical (unpaired) electrons. The van der Waals surface area contributed by atoms with Crippen molar-refractivity contribution in [1.29, 1.82) is 0 Å². The van der Waals surface area contributed by atoms with E-state index in [0.717, 1.165) is 50.1 Å². The Bertz CT molecular complexity index is 5730. The first kappa shape index (κ1) is 54.3. The highest BCUT2D eigenvalue weighted by Crippen LogP contribution is 2.45. The molecule has 0 amide bonds. The van der Waals surface area contributed by atoms with Crippen LogP contribution in [0.5, 0.6) is 0 Å². The first-order chi connectivity index (χ1) is 45.6. The average molecular weight is 1210 g/mol. The molecule has 0 unspecified atom stereocenters. The van der Waals surface area contributed by atoms with Gasteiger partial charge < -0.3 is 0 Å². The van der Waals surface area contributed by atoms with Crippen LogP contribution >= 0.6 is 22.7 Å². The molecule has 432 valence electrons. The molecule has 0 bridgehead atoms. The second-order valence-electron chi connectivity index (χ2n) is 22.6. The zero-order valence-corrected chi connectivity index (χ0v) is 51.0. The van der Waals surface area contributed by atoms with Gasteiger partial charge in [-0.1, -0.05) is 273 Å². The van der Waals surface area contributed by atoms with Gasteiger partial charge in [-0.15, -0.1) is 22.7 Å². The van der Waals surface area contributed by atoms with Crippen LogP contribution in [0, 0.1) is 0 Å². The molecule has 92 heavy (non-hydrogen) atoms. The largest absolute Gasteiger partial charge is 0.299 e. The van der Waals surface area contributed by atoms with Crippen LogP contribution < -0.4 is 0 Å². The summed E-state index contributed by atoms with van der Waals surface area (Å²) in [7, 11) is 0. The van der Waals surface area contributed by atoms with Gasteiger partial charge in [0.05, 0.1) is 31.5 Å². The number of aromatic nitrogens is 8. The van der Waals surface area contributed by atoms with Crippen molar-refractivity contribution in [1.82, 2.24) is 38.7 Å². The maximum atomic E-state index is 5.06. The second-order valence-corrected chi connectivity index (χ2v) is 24.7. The first-order valence-electron chi connectivity index (χ1n) is 30.6. The van der Waals surface area contributed by atoms with Gasteiger partial charge in [0, 0.05) is 55.3 Å². The molecule has 6 heterocycles. The van der Waals surface area contributed by atoms with E-state index in [0.29, 0.717) is 34.9 Å². The average Bonchev–Trinajstić information content (AvgIpc) is 1.58. The van der Waals surface area contributed by atoms with E-state index in [1.165, 1.54) is 79.7 Å². The Balaban J connectivity index is 0.000000141. The van der Waals surface area contributed by atoms with Crippen LogP contribution in [0.1, 0.15) is 0 Å². The number of hydrogen-bond donors (Lipinski definition) is 0. The van der Waals surface area contributed by atoms with Crippen molar-refractivity contribution in [2.45, 2.75) is 0 Å². The summed E-state index contributed by atoms with van der Waals surface area (Å²) in [6.45, 7) is 0. The minimum Gasteiger partial charge on any atom is -0.299 e. The van der Waals surface area contributed by atoms with Gasteiger partial charge in [0.1, 0.15) is 9.66 Å². The number of thiazole rings is 2. The molecular formula is C82H52N8S2. The molecule has 0 fully saturated rings. The van der Waals surface area contributed by atoms with Crippen molar-refractivity contribution in [2.24, 2.45) is 0 Å². The normalized spacial score (nSPS) is 11.5. The van der Waals surface area contributed by atoms with Crippen LogP contribution in [-0.4, -0.2) is 38.7 Å². The van der Waals surface area contributed by atoms with Gasteiger partial charge in [-0.05, 0) is 75.8 Å². The van der Waals surface area contributed by atoms with E-state index in [4.69, 9.17) is 29.9 Å². The summed E-state index contributed by atoms with van der Waals surface area (Å²) in [6, 6.07) is 110. The standard InChI is InChI=1S/2C41H26N4S/c1-3-12-27(13-4-1)28-22-24-30(25-23-28)39-42-38(29-14-5-2-6-15-29)43-40(44-39)32-17-11-16-31(26-32)37-33-18-7-8-19-34(33)45-35-20-9-10-21-36(35)46-41(37)45;1-3-11-27(12-4-1)28-19-23-31(24-20-28)39-42-38(30-13-5-2-6-14-30)43-40(44-39)32-25-21-29(22-26-32)37-33-15-7-8-16-34(33)45-35-17-9-10-18-36(35)46-41(37)45/h2*1-26H. The molecule has 18 aromatic rings. The van der Waals surface area contributed by atoms with E-state index >= 15 is 0 Å². The maximum absolute atomic E-state index is 5.06. The lowest BCUT2D eigenvalue weighted by Gasteiger charge is -2.10. The zero-order chi connectivity index (χ0) is 60.9. The lowest BCUT2D eigenvalue weighted by Crippen LogP contribution is -2.00. The molecule has 0 aliphatic carbocycles. The highest BCUT2D eigenvalue weighted by Gasteiger charge is 2.22. The Kier molecular flexibility index (Phi) is 13.8. The first-order valence-corrected chi connectivity index (χ1v) is 32.2. The molecule has 0 aliphatic heterocycles. The van der Waals surface area contributed by atoms with Gasteiger partial charge in [0.15, 0.2) is 34.9 Å². The van der Waals surface area contributed by atoms with Gasteiger partial charge in [-0.25, -0.2) is 29.9 Å². The molecule has 18 rings (SSSR count). The predicted molar refractivity (Wildman–Crippen MR) is 382 cm³/mol. The number of nitrogens with zero attached hydrogens (tertiary/aromatic N) is 8. The molecule has 0 spiro atoms. The summed E-state index contributed by atoms with van der Waals surface area (Å²) in [6.07, 6.45) is 0. The molecular weight excluding hydrogens is 1160 g/mol. The molecule has 12 aromatic carbocycles. The van der Waals surface area contributed by atoms with Crippen LogP contribution in [-0.2, 0) is 0 Å². The smallest absolute Gasteiger partial charge is 0.164 e. The highest BCUT2D eigenvalue weighted by atomic mass is 32.1. The topological polar surface area (TPSA) is 86.2 Å². The Morgan fingerprint density at radius 3 is 0.859 bits per heavy atom. The number of para-hydroxylation sites is 4. The summed E-state index contributed by atoms with van der Waals surface area (Å²) in [5.74, 6) is 3.90. The molecule has 10 heteroatoms. The third kappa shape index (κ3) is 9.96. The fourth-order valence-electron chi connectivity index (χ4n) is 12.5. The predicted octanol–water partition coefficient (Wildman–Crippen LogP) is 21.7. The SMILES string of the molecule is c1ccc(-c2ccc(-c3nc(-c4ccccc4)nc(-c4ccc(-c5c6ccccc6n6c5sc5ccccc56)cc4)n3)cc2)cc1.c1ccc(-c2ccc(-c3nc(-c4ccccc4)nc(-c4cccc(-c5c6ccccc6n6c5sc5ccccc56)c4)n3)cc2)cc1. The Hall–Kier alpha value is -11.8. The number of hydrogen-bond acceptors (Lipinski definition) is 8. The van der Waals surface area contributed by atoms with E-state index < -0.39 is 0 Å². The lowest BCUT2D eigenvalue weighted by molar-refractivity contribution is 1.07. The minimum atomic E-state index is 0.647. The quantitative estimate of drug-likeness (QED) is 0.136. The van der Waals surface area contributed by atoms with Crippen molar-refractivity contribution >= 4 is 74.6 Å². The minimum absolute atomic E-state index is 0.647. The Morgan fingerprint density at radius 2 is 0.457 bits per heavy atom. The second kappa shape index (κ2) is 23.3. The molecule has 0 N–H and O–H groups in total. The number of rotatable bonds is 10. The fraction of sp³-hybridized carbons (Fsp3) is 0. The summed E-state index contributed by atoms with van der Waals surface area (Å²) >= 11 is 3.67. The molecule has 6 aromatic heterocycles. The van der Waals surface area contributed by atoms with Gasteiger partial charge >= 0.3 is 0 Å². The summed E-state index contributed by atoms with van der Waals surface area (Å²) in [5, 5.41) is 2.48. The van der Waals surface area contributed by atoms with E-state index in [9.17, 15) is 0 Å². The van der Waals surface area contributed by atoms with Gasteiger partial charge in [0.25, 0.3) is 0 Å². The molecule has 0 atom stereocenters. The van der Waals surface area contributed by atoms with Crippen molar-refractivity contribution in [2.75, 3.05) is 0 Å². The van der Waals surface area contributed by atoms with E-state index in [1.54, 1.807) is 0 Å². The van der Waals surface area contributed by atoms with Crippen molar-refractivity contribution in [3.63, 3.8) is 0 Å². The Labute approximate surface area is 538 Å². The van der Waals surface area contributed by atoms with Crippen LogP contribution in [0.2, 0.25) is 0 Å². The van der Waals surface area contributed by atoms with Crippen LogP contribution in [0.25, 0.3) is 165 Å². The molecule has 0 saturated carbocycles. The van der Waals surface area contributed by atoms with Crippen LogP contribution in [0.3, 0.4) is 0 Å². The van der Waals surface area contributed by atoms with Crippen molar-refractivity contribution in [3.05, 3.63) is 315 Å². The van der Waals surface area contributed by atoms with E-state index in [2.05, 4.69) is 251 Å². The summed E-state index contributed by atoms with van der Waals surface area (Å²) < 4.78 is 7.34. The van der Waals surface area contributed by atoms with Crippen LogP contribution in [0.4, 0.5) is 0 Å². The van der Waals surface area contributed by atoms with E-state index in [1.807, 2.05) is 95.5 Å². The lowest BCUT2D eigenvalue weighted by atomic mass is 10.0. The maximum Gasteiger partial charge on any atom is 0.164 e. The number of fused-ring (bicyclic) bond motifs is 10. The third-order valence-corrected chi connectivity index (χ3v) is 19.3. The molecule has 0 aliphatic rings. The van der Waals surface area contributed by atoms with Gasteiger partial charge in [-0.2, -0.15) is 0 Å². The fourth-order valence-corrected chi connectivity index (χ4v) is 15.0. The number of benzene rings is 12.